The first-order valence-electron chi connectivity index (χ1n) is 4.95. The van der Waals surface area contributed by atoms with Gasteiger partial charge in [-0.05, 0) is 6.92 Å². The molecule has 0 bridgehead atoms. The lowest BCUT2D eigenvalue weighted by Crippen LogP contribution is -2.40. The second-order valence-corrected chi connectivity index (χ2v) is 3.51. The number of likely N-dealkylation sites (N-methyl/N-ethyl adjacent to an activating group) is 1. The van der Waals surface area contributed by atoms with Crippen LogP contribution in [0.1, 0.15) is 13.3 Å². The Hall–Kier alpha value is -1.14. The molecule has 7 heteroatoms. The summed E-state index contributed by atoms with van der Waals surface area (Å²) in [6.45, 7) is 2.96. The SMILES string of the molecule is CC(CN)N(C)C(=O)CCn1ccnn1.Cl. The molecule has 92 valence electrons. The average Bonchev–Trinajstić information content (AvgIpc) is 2.76. The van der Waals surface area contributed by atoms with Gasteiger partial charge in [0.05, 0.1) is 12.7 Å². The smallest absolute Gasteiger partial charge is 0.224 e. The zero-order chi connectivity index (χ0) is 11.3. The van der Waals surface area contributed by atoms with Crippen LogP contribution in [0, 0.1) is 0 Å². The third-order valence-electron chi connectivity index (χ3n) is 2.42. The van der Waals surface area contributed by atoms with E-state index >= 15 is 0 Å². The topological polar surface area (TPSA) is 77.0 Å². The second-order valence-electron chi connectivity index (χ2n) is 3.51. The molecule has 6 nitrogen and oxygen atoms in total. The molecule has 1 aromatic heterocycles. The molecule has 1 amide bonds. The standard InChI is InChI=1S/C9H17N5O.ClH/c1-8(7-10)13(2)9(15)3-5-14-6-4-11-12-14;/h4,6,8H,3,5,7,10H2,1-2H3;1H. The van der Waals surface area contributed by atoms with Crippen LogP contribution in [0.25, 0.3) is 0 Å². The van der Waals surface area contributed by atoms with Crippen LogP contribution in [0.4, 0.5) is 0 Å². The Morgan fingerprint density at radius 3 is 2.81 bits per heavy atom. The van der Waals surface area contributed by atoms with E-state index in [1.54, 1.807) is 29.0 Å². The summed E-state index contributed by atoms with van der Waals surface area (Å²) in [7, 11) is 1.77. The van der Waals surface area contributed by atoms with Gasteiger partial charge in [0.1, 0.15) is 0 Å². The number of nitrogens with two attached hydrogens (primary N) is 1. The minimum Gasteiger partial charge on any atom is -0.342 e. The van der Waals surface area contributed by atoms with Crippen molar-refractivity contribution >= 4 is 18.3 Å². The number of rotatable bonds is 5. The van der Waals surface area contributed by atoms with Crippen molar-refractivity contribution in [3.63, 3.8) is 0 Å². The average molecular weight is 248 g/mol. The zero-order valence-electron chi connectivity index (χ0n) is 9.54. The van der Waals surface area contributed by atoms with E-state index in [2.05, 4.69) is 10.3 Å². The number of hydrogen-bond donors (Lipinski definition) is 1. The Morgan fingerprint density at radius 2 is 2.31 bits per heavy atom. The van der Waals surface area contributed by atoms with E-state index in [0.717, 1.165) is 0 Å². The highest BCUT2D eigenvalue weighted by Gasteiger charge is 2.13. The highest BCUT2D eigenvalue weighted by molar-refractivity contribution is 5.85. The molecule has 2 N–H and O–H groups in total. The fraction of sp³-hybridized carbons (Fsp3) is 0.667. The minimum absolute atomic E-state index is 0. The fourth-order valence-electron chi connectivity index (χ4n) is 1.14. The lowest BCUT2D eigenvalue weighted by Gasteiger charge is -2.23. The number of aromatic nitrogens is 3. The summed E-state index contributed by atoms with van der Waals surface area (Å²) in [6.07, 6.45) is 3.75. The summed E-state index contributed by atoms with van der Waals surface area (Å²) in [4.78, 5) is 13.3. The summed E-state index contributed by atoms with van der Waals surface area (Å²) in [5.74, 6) is 0.0726. The van der Waals surface area contributed by atoms with Gasteiger partial charge in [0.15, 0.2) is 0 Å². The van der Waals surface area contributed by atoms with Crippen LogP contribution in [0.15, 0.2) is 12.4 Å². The van der Waals surface area contributed by atoms with Gasteiger partial charge in [-0.15, -0.1) is 17.5 Å². The van der Waals surface area contributed by atoms with Gasteiger partial charge < -0.3 is 10.6 Å². The quantitative estimate of drug-likeness (QED) is 0.788. The maximum absolute atomic E-state index is 11.6. The van der Waals surface area contributed by atoms with Crippen LogP contribution in [0.3, 0.4) is 0 Å². The molecule has 0 aliphatic carbocycles. The van der Waals surface area contributed by atoms with Gasteiger partial charge in [-0.2, -0.15) is 0 Å². The van der Waals surface area contributed by atoms with E-state index in [9.17, 15) is 4.79 Å². The molecule has 1 atom stereocenters. The number of amides is 1. The number of nitrogens with zero attached hydrogens (tertiary/aromatic N) is 4. The summed E-state index contributed by atoms with van der Waals surface area (Å²) >= 11 is 0. The first-order chi connectivity index (χ1) is 7.15. The molecular weight excluding hydrogens is 230 g/mol. The number of aryl methyl sites for hydroxylation is 1. The van der Waals surface area contributed by atoms with Gasteiger partial charge in [-0.1, -0.05) is 5.21 Å². The second kappa shape index (κ2) is 7.19. The molecule has 0 radical (unpaired) electrons. The molecule has 1 aromatic rings. The van der Waals surface area contributed by atoms with E-state index in [1.165, 1.54) is 0 Å². The van der Waals surface area contributed by atoms with Crippen molar-refractivity contribution in [1.29, 1.82) is 0 Å². The van der Waals surface area contributed by atoms with Crippen LogP contribution in [-0.2, 0) is 11.3 Å². The molecule has 0 spiro atoms. The largest absolute Gasteiger partial charge is 0.342 e. The molecule has 1 unspecified atom stereocenters. The molecule has 0 fully saturated rings. The molecular formula is C9H18ClN5O. The van der Waals surface area contributed by atoms with Gasteiger partial charge in [-0.25, -0.2) is 0 Å². The van der Waals surface area contributed by atoms with Crippen LogP contribution < -0.4 is 5.73 Å². The van der Waals surface area contributed by atoms with E-state index in [1.807, 2.05) is 6.92 Å². The van der Waals surface area contributed by atoms with Crippen LogP contribution in [0.5, 0.6) is 0 Å². The van der Waals surface area contributed by atoms with E-state index < -0.39 is 0 Å². The van der Waals surface area contributed by atoms with Gasteiger partial charge >= 0.3 is 0 Å². The summed E-state index contributed by atoms with van der Waals surface area (Å²) in [5.41, 5.74) is 5.48. The summed E-state index contributed by atoms with van der Waals surface area (Å²) < 4.78 is 1.64. The van der Waals surface area contributed by atoms with Crippen molar-refractivity contribution in [2.45, 2.75) is 25.9 Å². The normalized spacial score (nSPS) is 11.7. The Kier molecular flexibility index (Phi) is 6.67. The first kappa shape index (κ1) is 14.9. The van der Waals surface area contributed by atoms with E-state index in [-0.39, 0.29) is 24.4 Å². The molecule has 1 heterocycles. The Labute approximate surface area is 101 Å². The van der Waals surface area contributed by atoms with Gasteiger partial charge in [0.25, 0.3) is 0 Å². The lowest BCUT2D eigenvalue weighted by molar-refractivity contribution is -0.131. The number of hydrogen-bond acceptors (Lipinski definition) is 4. The zero-order valence-corrected chi connectivity index (χ0v) is 10.4. The predicted molar refractivity (Wildman–Crippen MR) is 63.2 cm³/mol. The lowest BCUT2D eigenvalue weighted by atomic mass is 10.2. The molecule has 0 saturated carbocycles. The molecule has 0 aliphatic heterocycles. The molecule has 16 heavy (non-hydrogen) atoms. The molecule has 1 rings (SSSR count). The molecule has 0 saturated heterocycles. The third-order valence-corrected chi connectivity index (χ3v) is 2.42. The van der Waals surface area contributed by atoms with E-state index in [4.69, 9.17) is 5.73 Å². The fourth-order valence-corrected chi connectivity index (χ4v) is 1.14. The summed E-state index contributed by atoms with van der Waals surface area (Å²) in [5, 5.41) is 7.45. The monoisotopic (exact) mass is 247 g/mol. The van der Waals surface area contributed by atoms with Crippen molar-refractivity contribution < 1.29 is 4.79 Å². The third kappa shape index (κ3) is 4.16. The van der Waals surface area contributed by atoms with E-state index in [0.29, 0.717) is 19.5 Å². The number of carbonyl (C=O) groups is 1. The van der Waals surface area contributed by atoms with Gasteiger partial charge in [0.2, 0.25) is 5.91 Å². The molecule has 0 aliphatic rings. The Morgan fingerprint density at radius 1 is 1.62 bits per heavy atom. The van der Waals surface area contributed by atoms with Crippen molar-refractivity contribution in [2.24, 2.45) is 5.73 Å². The van der Waals surface area contributed by atoms with Crippen molar-refractivity contribution in [3.05, 3.63) is 12.4 Å². The van der Waals surface area contributed by atoms with Crippen molar-refractivity contribution in [1.82, 2.24) is 19.9 Å². The van der Waals surface area contributed by atoms with Gasteiger partial charge in [-0.3, -0.25) is 9.48 Å². The maximum Gasteiger partial charge on any atom is 0.224 e. The maximum atomic E-state index is 11.6. The Bertz CT molecular complexity index is 303. The van der Waals surface area contributed by atoms with Crippen molar-refractivity contribution in [2.75, 3.05) is 13.6 Å². The van der Waals surface area contributed by atoms with Gasteiger partial charge in [0, 0.05) is 32.3 Å². The highest BCUT2D eigenvalue weighted by atomic mass is 35.5. The highest BCUT2D eigenvalue weighted by Crippen LogP contribution is 1.98. The Balaban J connectivity index is 0.00000225. The number of halogens is 1. The molecule has 0 aromatic carbocycles. The van der Waals surface area contributed by atoms with Crippen LogP contribution >= 0.6 is 12.4 Å². The minimum atomic E-state index is 0. The van der Waals surface area contributed by atoms with Crippen LogP contribution in [0.2, 0.25) is 0 Å². The predicted octanol–water partition coefficient (Wildman–Crippen LogP) is -0.104. The van der Waals surface area contributed by atoms with Crippen LogP contribution in [-0.4, -0.2) is 45.4 Å². The summed E-state index contributed by atoms with van der Waals surface area (Å²) in [6, 6.07) is 0.0771. The first-order valence-corrected chi connectivity index (χ1v) is 4.95. The number of carbonyl (C=O) groups excluding carboxylic acids is 1. The van der Waals surface area contributed by atoms with Crippen molar-refractivity contribution in [3.8, 4) is 0 Å².